The molecule has 1 amide bonds. The van der Waals surface area contributed by atoms with E-state index in [9.17, 15) is 4.79 Å². The summed E-state index contributed by atoms with van der Waals surface area (Å²) in [5, 5.41) is 0. The van der Waals surface area contributed by atoms with Crippen molar-refractivity contribution in [1.29, 1.82) is 0 Å². The van der Waals surface area contributed by atoms with E-state index in [1.807, 2.05) is 49.1 Å². The van der Waals surface area contributed by atoms with E-state index in [1.165, 1.54) is 11.1 Å². The summed E-state index contributed by atoms with van der Waals surface area (Å²) in [5.41, 5.74) is 3.04. The number of β-lactam (4-membered cyclic amide) rings is 1. The average molecular weight is 265 g/mol. The maximum atomic E-state index is 12.5. The lowest BCUT2D eigenvalue weighted by Crippen LogP contribution is -2.61. The SMILES string of the molecule is Cc1ccc(N2C(=O)C(C)(C)C2c2ccccc2)cc1. The van der Waals surface area contributed by atoms with Crippen molar-refractivity contribution in [1.82, 2.24) is 0 Å². The Hall–Kier alpha value is -2.09. The molecule has 0 N–H and O–H groups in total. The normalized spacial score (nSPS) is 20.6. The fourth-order valence-corrected chi connectivity index (χ4v) is 2.97. The molecular formula is C18H19NO. The second-order valence-electron chi connectivity index (χ2n) is 6.05. The molecule has 0 spiro atoms. The number of anilines is 1. The fraction of sp³-hybridized carbons (Fsp3) is 0.278. The zero-order chi connectivity index (χ0) is 14.3. The molecule has 2 aromatic rings. The van der Waals surface area contributed by atoms with Gasteiger partial charge in [-0.1, -0.05) is 48.0 Å². The molecule has 1 aliphatic heterocycles. The van der Waals surface area contributed by atoms with Crippen molar-refractivity contribution in [2.75, 3.05) is 4.90 Å². The summed E-state index contributed by atoms with van der Waals surface area (Å²) >= 11 is 0. The van der Waals surface area contributed by atoms with Crippen molar-refractivity contribution in [3.05, 3.63) is 65.7 Å². The molecule has 0 bridgehead atoms. The second kappa shape index (κ2) is 4.48. The van der Waals surface area contributed by atoms with Gasteiger partial charge in [-0.05, 0) is 38.5 Å². The molecule has 1 fully saturated rings. The quantitative estimate of drug-likeness (QED) is 0.748. The van der Waals surface area contributed by atoms with Gasteiger partial charge in [-0.25, -0.2) is 0 Å². The zero-order valence-corrected chi connectivity index (χ0v) is 12.1. The molecule has 3 rings (SSSR count). The van der Waals surface area contributed by atoms with E-state index >= 15 is 0 Å². The lowest BCUT2D eigenvalue weighted by molar-refractivity contribution is -0.137. The second-order valence-corrected chi connectivity index (χ2v) is 6.05. The lowest BCUT2D eigenvalue weighted by Gasteiger charge is -2.53. The number of rotatable bonds is 2. The maximum absolute atomic E-state index is 12.5. The van der Waals surface area contributed by atoms with Gasteiger partial charge in [-0.3, -0.25) is 4.79 Å². The van der Waals surface area contributed by atoms with Crippen LogP contribution in [0.1, 0.15) is 31.0 Å². The van der Waals surface area contributed by atoms with Gasteiger partial charge in [0.05, 0.1) is 11.5 Å². The molecular weight excluding hydrogens is 246 g/mol. The number of benzene rings is 2. The van der Waals surface area contributed by atoms with Crippen LogP contribution >= 0.6 is 0 Å². The van der Waals surface area contributed by atoms with Crippen LogP contribution in [0.4, 0.5) is 5.69 Å². The van der Waals surface area contributed by atoms with E-state index in [2.05, 4.69) is 31.2 Å². The van der Waals surface area contributed by atoms with Gasteiger partial charge in [0.25, 0.3) is 0 Å². The predicted molar refractivity (Wildman–Crippen MR) is 81.6 cm³/mol. The highest BCUT2D eigenvalue weighted by Gasteiger charge is 2.55. The first-order chi connectivity index (χ1) is 9.51. The summed E-state index contributed by atoms with van der Waals surface area (Å²) in [6, 6.07) is 18.5. The van der Waals surface area contributed by atoms with E-state index in [4.69, 9.17) is 0 Å². The standard InChI is InChI=1S/C18H19NO/c1-13-9-11-15(12-10-13)19-16(18(2,3)17(19)20)14-7-5-4-6-8-14/h4-12,16H,1-3H3. The molecule has 2 heteroatoms. The summed E-state index contributed by atoms with van der Waals surface area (Å²) in [5.74, 6) is 0.190. The monoisotopic (exact) mass is 265 g/mol. The number of nitrogens with zero attached hydrogens (tertiary/aromatic N) is 1. The minimum Gasteiger partial charge on any atom is -0.303 e. The highest BCUT2D eigenvalue weighted by atomic mass is 16.2. The third-order valence-corrected chi connectivity index (χ3v) is 4.14. The topological polar surface area (TPSA) is 20.3 Å². The van der Waals surface area contributed by atoms with E-state index in [0.717, 1.165) is 5.69 Å². The van der Waals surface area contributed by atoms with Gasteiger partial charge in [0.1, 0.15) is 0 Å². The Kier molecular flexibility index (Phi) is 2.89. The van der Waals surface area contributed by atoms with Crippen LogP contribution in [0, 0.1) is 12.3 Å². The third-order valence-electron chi connectivity index (χ3n) is 4.14. The first-order valence-electron chi connectivity index (χ1n) is 6.97. The minimum absolute atomic E-state index is 0.110. The maximum Gasteiger partial charge on any atom is 0.235 e. The molecule has 0 saturated carbocycles. The van der Waals surface area contributed by atoms with Gasteiger partial charge in [0.15, 0.2) is 0 Å². The molecule has 1 atom stereocenters. The lowest BCUT2D eigenvalue weighted by atomic mass is 9.70. The van der Waals surface area contributed by atoms with E-state index in [-0.39, 0.29) is 17.4 Å². The van der Waals surface area contributed by atoms with Crippen molar-refractivity contribution < 1.29 is 4.79 Å². The van der Waals surface area contributed by atoms with Crippen LogP contribution in [0.15, 0.2) is 54.6 Å². The van der Waals surface area contributed by atoms with E-state index in [1.54, 1.807) is 0 Å². The number of amides is 1. The molecule has 2 nitrogen and oxygen atoms in total. The number of aryl methyl sites for hydroxylation is 1. The fourth-order valence-electron chi connectivity index (χ4n) is 2.97. The van der Waals surface area contributed by atoms with Crippen LogP contribution in [0.3, 0.4) is 0 Å². The molecule has 1 heterocycles. The molecule has 1 saturated heterocycles. The summed E-state index contributed by atoms with van der Waals surface area (Å²) < 4.78 is 0. The summed E-state index contributed by atoms with van der Waals surface area (Å²) in [7, 11) is 0. The van der Waals surface area contributed by atoms with Gasteiger partial charge in [0, 0.05) is 5.69 Å². The molecule has 1 aliphatic rings. The highest BCUT2D eigenvalue weighted by molar-refractivity contribution is 6.05. The zero-order valence-electron chi connectivity index (χ0n) is 12.1. The molecule has 1 unspecified atom stereocenters. The average Bonchev–Trinajstić information content (AvgIpc) is 2.46. The Morgan fingerprint density at radius 2 is 1.55 bits per heavy atom. The summed E-state index contributed by atoms with van der Waals surface area (Å²) in [6.07, 6.45) is 0. The first-order valence-corrected chi connectivity index (χ1v) is 6.97. The van der Waals surface area contributed by atoms with Gasteiger partial charge in [0.2, 0.25) is 5.91 Å². The predicted octanol–water partition coefficient (Wildman–Crippen LogP) is 4.11. The summed E-state index contributed by atoms with van der Waals surface area (Å²) in [4.78, 5) is 14.4. The van der Waals surface area contributed by atoms with E-state index in [0.29, 0.717) is 0 Å². The Labute approximate surface area is 120 Å². The van der Waals surface area contributed by atoms with Gasteiger partial charge in [-0.15, -0.1) is 0 Å². The molecule has 0 radical (unpaired) electrons. The largest absolute Gasteiger partial charge is 0.303 e. The molecule has 0 aliphatic carbocycles. The Balaban J connectivity index is 2.02. The van der Waals surface area contributed by atoms with Gasteiger partial charge < -0.3 is 4.90 Å². The van der Waals surface area contributed by atoms with Crippen molar-refractivity contribution >= 4 is 11.6 Å². The molecule has 2 aromatic carbocycles. The summed E-state index contributed by atoms with van der Waals surface area (Å²) in [6.45, 7) is 6.11. The van der Waals surface area contributed by atoms with Crippen molar-refractivity contribution in [3.63, 3.8) is 0 Å². The number of hydrogen-bond acceptors (Lipinski definition) is 1. The number of hydrogen-bond donors (Lipinski definition) is 0. The Morgan fingerprint density at radius 1 is 0.950 bits per heavy atom. The highest BCUT2D eigenvalue weighted by Crippen LogP contribution is 2.51. The smallest absolute Gasteiger partial charge is 0.235 e. The first kappa shape index (κ1) is 12.9. The number of carbonyl (C=O) groups excluding carboxylic acids is 1. The van der Waals surface area contributed by atoms with Crippen LogP contribution in [-0.4, -0.2) is 5.91 Å². The van der Waals surface area contributed by atoms with Crippen molar-refractivity contribution in [2.45, 2.75) is 26.8 Å². The minimum atomic E-state index is -0.341. The van der Waals surface area contributed by atoms with Crippen LogP contribution in [-0.2, 0) is 4.79 Å². The van der Waals surface area contributed by atoms with E-state index < -0.39 is 0 Å². The molecule has 20 heavy (non-hydrogen) atoms. The Morgan fingerprint density at radius 3 is 2.15 bits per heavy atom. The van der Waals surface area contributed by atoms with Crippen LogP contribution in [0.5, 0.6) is 0 Å². The van der Waals surface area contributed by atoms with Crippen LogP contribution in [0.2, 0.25) is 0 Å². The molecule has 0 aromatic heterocycles. The third kappa shape index (κ3) is 1.83. The van der Waals surface area contributed by atoms with Crippen LogP contribution in [0.25, 0.3) is 0 Å². The van der Waals surface area contributed by atoms with Crippen molar-refractivity contribution in [3.8, 4) is 0 Å². The number of carbonyl (C=O) groups is 1. The van der Waals surface area contributed by atoms with Crippen molar-refractivity contribution in [2.24, 2.45) is 5.41 Å². The molecule has 102 valence electrons. The Bertz CT molecular complexity index is 628. The van der Waals surface area contributed by atoms with Gasteiger partial charge >= 0.3 is 0 Å². The van der Waals surface area contributed by atoms with Crippen LogP contribution < -0.4 is 4.90 Å². The van der Waals surface area contributed by atoms with Gasteiger partial charge in [-0.2, -0.15) is 0 Å².